The molecular weight excluding hydrogens is 306 g/mol. The van der Waals surface area contributed by atoms with Gasteiger partial charge in [0, 0.05) is 18.0 Å². The molecule has 1 fully saturated rings. The van der Waals surface area contributed by atoms with E-state index in [2.05, 4.69) is 55.5 Å². The Balaban J connectivity index is 1.83. The molecule has 1 aliphatic rings. The van der Waals surface area contributed by atoms with Crippen molar-refractivity contribution in [3.63, 3.8) is 0 Å². The van der Waals surface area contributed by atoms with Crippen LogP contribution in [0.3, 0.4) is 0 Å². The summed E-state index contributed by atoms with van der Waals surface area (Å²) < 4.78 is 0. The number of hydrogen-bond acceptors (Lipinski definition) is 1. The van der Waals surface area contributed by atoms with Gasteiger partial charge in [0.1, 0.15) is 0 Å². The molecule has 1 amide bonds. The molecule has 0 N–H and O–H groups in total. The van der Waals surface area contributed by atoms with E-state index in [1.54, 1.807) is 0 Å². The minimum atomic E-state index is 0.0258. The highest BCUT2D eigenvalue weighted by Gasteiger charge is 2.42. The molecule has 2 heteroatoms. The quantitative estimate of drug-likeness (QED) is 0.643. The zero-order valence-corrected chi connectivity index (χ0v) is 14.3. The van der Waals surface area contributed by atoms with Gasteiger partial charge < -0.3 is 4.90 Å². The highest BCUT2D eigenvalue weighted by molar-refractivity contribution is 5.97. The lowest BCUT2D eigenvalue weighted by Gasteiger charge is -2.29. The standard InChI is InChI=1S/C23H21NO/c1-17-12-14-19(15-13-17)23-21(18-8-4-2-5-9-18)16-22(25)24(23)20-10-6-3-7-11-20/h2-15,21,23H,16H2,1H3. The first-order valence-electron chi connectivity index (χ1n) is 8.72. The Hall–Kier alpha value is -2.87. The van der Waals surface area contributed by atoms with Crippen LogP contribution in [0.4, 0.5) is 5.69 Å². The van der Waals surface area contributed by atoms with Gasteiger partial charge in [0.25, 0.3) is 0 Å². The highest BCUT2D eigenvalue weighted by Crippen LogP contribution is 2.46. The van der Waals surface area contributed by atoms with Gasteiger partial charge in [-0.3, -0.25) is 4.79 Å². The van der Waals surface area contributed by atoms with Crippen molar-refractivity contribution in [2.45, 2.75) is 25.3 Å². The molecule has 3 aromatic carbocycles. The number of aryl methyl sites for hydroxylation is 1. The Labute approximate surface area is 148 Å². The molecule has 0 bridgehead atoms. The molecule has 2 unspecified atom stereocenters. The molecule has 0 saturated carbocycles. The first kappa shape index (κ1) is 15.6. The van der Waals surface area contributed by atoms with Crippen molar-refractivity contribution < 1.29 is 4.79 Å². The van der Waals surface area contributed by atoms with E-state index in [4.69, 9.17) is 0 Å². The van der Waals surface area contributed by atoms with Crippen molar-refractivity contribution in [3.05, 3.63) is 102 Å². The van der Waals surface area contributed by atoms with Crippen LogP contribution in [0.2, 0.25) is 0 Å². The molecule has 0 spiro atoms. The van der Waals surface area contributed by atoms with Crippen LogP contribution in [0, 0.1) is 6.92 Å². The average molecular weight is 327 g/mol. The fourth-order valence-electron chi connectivity index (χ4n) is 3.77. The third kappa shape index (κ3) is 2.96. The van der Waals surface area contributed by atoms with Crippen molar-refractivity contribution in [3.8, 4) is 0 Å². The highest BCUT2D eigenvalue weighted by atomic mass is 16.2. The first-order valence-corrected chi connectivity index (χ1v) is 8.72. The van der Waals surface area contributed by atoms with E-state index in [1.807, 2.05) is 41.3 Å². The third-order valence-electron chi connectivity index (χ3n) is 5.00. The Morgan fingerprint density at radius 2 is 1.36 bits per heavy atom. The van der Waals surface area contributed by atoms with Crippen LogP contribution in [0.1, 0.15) is 35.1 Å². The fraction of sp³-hybridized carbons (Fsp3) is 0.174. The number of carbonyl (C=O) groups is 1. The van der Waals surface area contributed by atoms with Crippen molar-refractivity contribution in [2.75, 3.05) is 4.90 Å². The smallest absolute Gasteiger partial charge is 0.228 e. The summed E-state index contributed by atoms with van der Waals surface area (Å²) in [5.41, 5.74) is 4.61. The molecule has 25 heavy (non-hydrogen) atoms. The van der Waals surface area contributed by atoms with Crippen molar-refractivity contribution in [1.82, 2.24) is 0 Å². The molecule has 0 aliphatic carbocycles. The molecule has 3 aromatic rings. The minimum absolute atomic E-state index is 0.0258. The normalized spacial score (nSPS) is 20.0. The van der Waals surface area contributed by atoms with Crippen LogP contribution in [-0.4, -0.2) is 5.91 Å². The second-order valence-electron chi connectivity index (χ2n) is 6.68. The topological polar surface area (TPSA) is 20.3 Å². The number of hydrogen-bond donors (Lipinski definition) is 0. The van der Waals surface area contributed by atoms with Crippen LogP contribution in [0.15, 0.2) is 84.9 Å². The summed E-state index contributed by atoms with van der Waals surface area (Å²) in [6.45, 7) is 2.09. The van der Waals surface area contributed by atoms with E-state index in [9.17, 15) is 4.79 Å². The van der Waals surface area contributed by atoms with Gasteiger partial charge >= 0.3 is 0 Å². The van der Waals surface area contributed by atoms with Crippen LogP contribution in [0.5, 0.6) is 0 Å². The molecule has 2 atom stereocenters. The second-order valence-corrected chi connectivity index (χ2v) is 6.68. The molecule has 4 rings (SSSR count). The van der Waals surface area contributed by atoms with E-state index in [1.165, 1.54) is 16.7 Å². The SMILES string of the molecule is Cc1ccc(C2C(c3ccccc3)CC(=O)N2c2ccccc2)cc1. The van der Waals surface area contributed by atoms with E-state index < -0.39 is 0 Å². The van der Waals surface area contributed by atoms with Gasteiger partial charge in [-0.25, -0.2) is 0 Å². The van der Waals surface area contributed by atoms with Gasteiger partial charge in [0.2, 0.25) is 5.91 Å². The van der Waals surface area contributed by atoms with Gasteiger partial charge in [0.15, 0.2) is 0 Å². The summed E-state index contributed by atoms with van der Waals surface area (Å²) in [6, 6.07) is 29.0. The molecule has 0 radical (unpaired) electrons. The summed E-state index contributed by atoms with van der Waals surface area (Å²) >= 11 is 0. The number of nitrogens with zero attached hydrogens (tertiary/aromatic N) is 1. The third-order valence-corrected chi connectivity index (χ3v) is 5.00. The summed E-state index contributed by atoms with van der Waals surface area (Å²) in [6.07, 6.45) is 0.539. The number of rotatable bonds is 3. The lowest BCUT2D eigenvalue weighted by Crippen LogP contribution is -2.28. The van der Waals surface area contributed by atoms with Gasteiger partial charge in [-0.15, -0.1) is 0 Å². The average Bonchev–Trinajstić information content (AvgIpc) is 3.01. The van der Waals surface area contributed by atoms with Crippen molar-refractivity contribution in [2.24, 2.45) is 0 Å². The second kappa shape index (κ2) is 6.56. The molecule has 124 valence electrons. The van der Waals surface area contributed by atoms with Gasteiger partial charge in [-0.2, -0.15) is 0 Å². The molecule has 1 saturated heterocycles. The Kier molecular flexibility index (Phi) is 4.10. The summed E-state index contributed by atoms with van der Waals surface area (Å²) in [5.74, 6) is 0.349. The number of benzene rings is 3. The molecule has 0 aromatic heterocycles. The predicted molar refractivity (Wildman–Crippen MR) is 102 cm³/mol. The van der Waals surface area contributed by atoms with E-state index in [-0.39, 0.29) is 17.9 Å². The zero-order valence-electron chi connectivity index (χ0n) is 14.3. The van der Waals surface area contributed by atoms with Crippen LogP contribution >= 0.6 is 0 Å². The number of para-hydroxylation sites is 1. The van der Waals surface area contributed by atoms with Crippen molar-refractivity contribution >= 4 is 11.6 Å². The predicted octanol–water partition coefficient (Wildman–Crippen LogP) is 5.26. The maximum absolute atomic E-state index is 12.9. The lowest BCUT2D eigenvalue weighted by atomic mass is 9.87. The summed E-state index contributed by atoms with van der Waals surface area (Å²) in [4.78, 5) is 14.9. The van der Waals surface area contributed by atoms with Gasteiger partial charge in [0.05, 0.1) is 6.04 Å². The zero-order chi connectivity index (χ0) is 17.2. The van der Waals surface area contributed by atoms with Gasteiger partial charge in [-0.05, 0) is 30.2 Å². The largest absolute Gasteiger partial charge is 0.304 e. The molecular formula is C23H21NO. The minimum Gasteiger partial charge on any atom is -0.304 e. The van der Waals surface area contributed by atoms with Gasteiger partial charge in [-0.1, -0.05) is 78.4 Å². The van der Waals surface area contributed by atoms with Crippen molar-refractivity contribution in [1.29, 1.82) is 0 Å². The maximum Gasteiger partial charge on any atom is 0.228 e. The van der Waals surface area contributed by atoms with Crippen LogP contribution in [-0.2, 0) is 4.79 Å². The summed E-state index contributed by atoms with van der Waals surface area (Å²) in [7, 11) is 0. The monoisotopic (exact) mass is 327 g/mol. The first-order chi connectivity index (χ1) is 12.2. The summed E-state index contributed by atoms with van der Waals surface area (Å²) in [5, 5.41) is 0. The molecule has 2 nitrogen and oxygen atoms in total. The van der Waals surface area contributed by atoms with E-state index >= 15 is 0 Å². The Bertz CT molecular complexity index is 856. The number of amides is 1. The number of carbonyl (C=O) groups excluding carboxylic acids is 1. The fourth-order valence-corrected chi connectivity index (χ4v) is 3.77. The molecule has 1 aliphatic heterocycles. The Morgan fingerprint density at radius 1 is 0.760 bits per heavy atom. The van der Waals surface area contributed by atoms with E-state index in [0.29, 0.717) is 6.42 Å². The van der Waals surface area contributed by atoms with Crippen LogP contribution < -0.4 is 4.90 Å². The Morgan fingerprint density at radius 3 is 2.00 bits per heavy atom. The van der Waals surface area contributed by atoms with Crippen LogP contribution in [0.25, 0.3) is 0 Å². The maximum atomic E-state index is 12.9. The molecule has 1 heterocycles. The number of anilines is 1. The lowest BCUT2D eigenvalue weighted by molar-refractivity contribution is -0.117. The van der Waals surface area contributed by atoms with E-state index in [0.717, 1.165) is 5.69 Å².